The maximum absolute atomic E-state index is 14.7. The summed E-state index contributed by atoms with van der Waals surface area (Å²) in [5.41, 5.74) is 5.31. The highest BCUT2D eigenvalue weighted by atomic mass is 32.1. The summed E-state index contributed by atoms with van der Waals surface area (Å²) in [6, 6.07) is 13.5. The molecule has 1 N–H and O–H groups in total. The summed E-state index contributed by atoms with van der Waals surface area (Å²) in [5, 5.41) is 14.4. The Morgan fingerprint density at radius 2 is 1.87 bits per heavy atom. The standard InChI is InChI=1S/C34H40FN7OS2/c1-22-25-12-9-19-42(32(25)40-39-31(22)38-33-37-27-13-5-6-14-30(27)44-33)34-36-23(2)29(45-34)15-10-20-43-28-17-16-24(21-26(28)35)11-7-8-18-41(3)4/h5-6,13-14,16-17,21H,7-12,15,18-20H2,1-4H3,(H,37,38,39). The topological polar surface area (TPSA) is 79.3 Å². The van der Waals surface area contributed by atoms with Crippen molar-refractivity contribution in [1.29, 1.82) is 0 Å². The molecule has 0 atom stereocenters. The van der Waals surface area contributed by atoms with Crippen molar-refractivity contribution in [2.45, 2.75) is 58.8 Å². The highest BCUT2D eigenvalue weighted by molar-refractivity contribution is 7.22. The van der Waals surface area contributed by atoms with Crippen LogP contribution >= 0.6 is 22.7 Å². The van der Waals surface area contributed by atoms with Gasteiger partial charge in [0.15, 0.2) is 33.5 Å². The summed E-state index contributed by atoms with van der Waals surface area (Å²) in [6.07, 6.45) is 6.61. The van der Waals surface area contributed by atoms with Gasteiger partial charge in [-0.3, -0.25) is 0 Å². The van der Waals surface area contributed by atoms with E-state index in [1.165, 1.54) is 10.4 Å². The number of benzene rings is 2. The predicted octanol–water partition coefficient (Wildman–Crippen LogP) is 8.02. The Bertz CT molecular complexity index is 1740. The number of fused-ring (bicyclic) bond motifs is 2. The van der Waals surface area contributed by atoms with E-state index in [2.05, 4.69) is 59.3 Å². The first kappa shape index (κ1) is 31.3. The number of para-hydroxylation sites is 1. The van der Waals surface area contributed by atoms with E-state index in [0.717, 1.165) is 107 Å². The third-order valence-corrected chi connectivity index (χ3v) is 10.3. The zero-order valence-corrected chi connectivity index (χ0v) is 28.0. The van der Waals surface area contributed by atoms with Gasteiger partial charge in [0, 0.05) is 22.5 Å². The molecule has 11 heteroatoms. The van der Waals surface area contributed by atoms with Crippen molar-refractivity contribution in [2.75, 3.05) is 44.0 Å². The molecule has 3 aromatic heterocycles. The molecule has 2 aromatic carbocycles. The summed E-state index contributed by atoms with van der Waals surface area (Å²) in [4.78, 5) is 15.2. The zero-order valence-electron chi connectivity index (χ0n) is 26.4. The number of halogens is 1. The average molecular weight is 646 g/mol. The maximum Gasteiger partial charge on any atom is 0.191 e. The van der Waals surface area contributed by atoms with E-state index < -0.39 is 0 Å². The van der Waals surface area contributed by atoms with Gasteiger partial charge in [0.1, 0.15) is 0 Å². The normalized spacial score (nSPS) is 13.1. The van der Waals surface area contributed by atoms with E-state index in [1.54, 1.807) is 34.8 Å². The fraction of sp³-hybridized carbons (Fsp3) is 0.412. The third-order valence-electron chi connectivity index (χ3n) is 8.14. The van der Waals surface area contributed by atoms with Crippen LogP contribution in [0.15, 0.2) is 42.5 Å². The van der Waals surface area contributed by atoms with Crippen molar-refractivity contribution >= 4 is 54.8 Å². The quantitative estimate of drug-likeness (QED) is 0.129. The molecule has 236 valence electrons. The number of hydrogen-bond donors (Lipinski definition) is 1. The molecule has 6 rings (SSSR count). The highest BCUT2D eigenvalue weighted by Gasteiger charge is 2.26. The number of anilines is 4. The lowest BCUT2D eigenvalue weighted by molar-refractivity contribution is 0.295. The van der Waals surface area contributed by atoms with Gasteiger partial charge >= 0.3 is 0 Å². The van der Waals surface area contributed by atoms with Crippen molar-refractivity contribution in [3.05, 3.63) is 75.5 Å². The Morgan fingerprint density at radius 1 is 1.00 bits per heavy atom. The van der Waals surface area contributed by atoms with E-state index in [4.69, 9.17) is 14.7 Å². The van der Waals surface area contributed by atoms with E-state index in [0.29, 0.717) is 12.4 Å². The minimum atomic E-state index is -0.282. The highest BCUT2D eigenvalue weighted by Crippen LogP contribution is 2.39. The second-order valence-electron chi connectivity index (χ2n) is 11.8. The molecule has 0 bridgehead atoms. The Balaban J connectivity index is 1.06. The predicted molar refractivity (Wildman–Crippen MR) is 184 cm³/mol. The second kappa shape index (κ2) is 14.2. The van der Waals surface area contributed by atoms with Crippen LogP contribution < -0.4 is 15.0 Å². The van der Waals surface area contributed by atoms with Crippen LogP contribution in [0, 0.1) is 19.7 Å². The molecule has 1 aliphatic rings. The SMILES string of the molecule is Cc1nc(N2CCCc3c2nnc(Nc2nc4ccccc4s2)c3C)sc1CCCOc1ccc(CCCCN(C)C)cc1F. The number of aryl methyl sites for hydroxylation is 3. The number of rotatable bonds is 13. The van der Waals surface area contributed by atoms with Crippen molar-refractivity contribution in [3.8, 4) is 5.75 Å². The van der Waals surface area contributed by atoms with Gasteiger partial charge in [-0.2, -0.15) is 0 Å². The molecule has 4 heterocycles. The Kier molecular flexibility index (Phi) is 9.87. The number of nitrogens with one attached hydrogen (secondary N) is 1. The molecule has 0 unspecified atom stereocenters. The minimum Gasteiger partial charge on any atom is -0.491 e. The molecular formula is C34H40FN7OS2. The first-order valence-electron chi connectivity index (χ1n) is 15.6. The summed E-state index contributed by atoms with van der Waals surface area (Å²) in [6.45, 7) is 6.52. The molecule has 0 fully saturated rings. The van der Waals surface area contributed by atoms with Gasteiger partial charge in [-0.25, -0.2) is 14.4 Å². The van der Waals surface area contributed by atoms with Crippen LogP contribution in [0.25, 0.3) is 10.2 Å². The molecule has 45 heavy (non-hydrogen) atoms. The molecule has 0 amide bonds. The minimum absolute atomic E-state index is 0.282. The third kappa shape index (κ3) is 7.43. The number of hydrogen-bond acceptors (Lipinski definition) is 10. The summed E-state index contributed by atoms with van der Waals surface area (Å²) in [7, 11) is 4.15. The lowest BCUT2D eigenvalue weighted by atomic mass is 10.0. The molecule has 0 aliphatic carbocycles. The van der Waals surface area contributed by atoms with Crippen LogP contribution in [0.4, 0.5) is 26.3 Å². The smallest absolute Gasteiger partial charge is 0.191 e. The average Bonchev–Trinajstić information content (AvgIpc) is 3.61. The summed E-state index contributed by atoms with van der Waals surface area (Å²) < 4.78 is 21.6. The number of aromatic nitrogens is 4. The van der Waals surface area contributed by atoms with Crippen molar-refractivity contribution in [1.82, 2.24) is 25.1 Å². The van der Waals surface area contributed by atoms with Gasteiger partial charge in [0.25, 0.3) is 0 Å². The molecule has 5 aromatic rings. The van der Waals surface area contributed by atoms with E-state index >= 15 is 0 Å². The lowest BCUT2D eigenvalue weighted by Crippen LogP contribution is -2.27. The van der Waals surface area contributed by atoms with Gasteiger partial charge in [0.2, 0.25) is 0 Å². The molecule has 0 spiro atoms. The molecular weight excluding hydrogens is 606 g/mol. The Morgan fingerprint density at radius 3 is 2.69 bits per heavy atom. The molecule has 8 nitrogen and oxygen atoms in total. The van der Waals surface area contributed by atoms with Crippen LogP contribution in [0.3, 0.4) is 0 Å². The van der Waals surface area contributed by atoms with Crippen molar-refractivity contribution < 1.29 is 9.13 Å². The fourth-order valence-corrected chi connectivity index (χ4v) is 7.66. The van der Waals surface area contributed by atoms with Crippen LogP contribution in [0.2, 0.25) is 0 Å². The number of unbranched alkanes of at least 4 members (excludes halogenated alkanes) is 1. The van der Waals surface area contributed by atoms with Gasteiger partial charge in [-0.15, -0.1) is 21.5 Å². The first-order valence-corrected chi connectivity index (χ1v) is 17.3. The number of nitrogens with zero attached hydrogens (tertiary/aromatic N) is 6. The second-order valence-corrected chi connectivity index (χ2v) is 13.9. The first-order chi connectivity index (χ1) is 21.9. The van der Waals surface area contributed by atoms with E-state index in [1.807, 2.05) is 24.3 Å². The summed E-state index contributed by atoms with van der Waals surface area (Å²) in [5.74, 6) is 1.67. The van der Waals surface area contributed by atoms with Gasteiger partial charge < -0.3 is 19.9 Å². The van der Waals surface area contributed by atoms with Gasteiger partial charge in [0.05, 0.1) is 22.5 Å². The van der Waals surface area contributed by atoms with E-state index in [-0.39, 0.29) is 5.82 Å². The Hall–Kier alpha value is -3.67. The fourth-order valence-electron chi connectivity index (χ4n) is 5.66. The van der Waals surface area contributed by atoms with Crippen LogP contribution in [-0.4, -0.2) is 58.9 Å². The Labute approximate surface area is 272 Å². The molecule has 1 aliphatic heterocycles. The van der Waals surface area contributed by atoms with Crippen LogP contribution in [0.1, 0.15) is 52.9 Å². The number of thiazole rings is 2. The van der Waals surface area contributed by atoms with Crippen molar-refractivity contribution in [2.24, 2.45) is 0 Å². The lowest BCUT2D eigenvalue weighted by Gasteiger charge is -2.28. The van der Waals surface area contributed by atoms with Crippen LogP contribution in [-0.2, 0) is 19.3 Å². The zero-order chi connectivity index (χ0) is 31.3. The maximum atomic E-state index is 14.7. The van der Waals surface area contributed by atoms with Crippen molar-refractivity contribution in [3.63, 3.8) is 0 Å². The molecule has 0 saturated carbocycles. The summed E-state index contributed by atoms with van der Waals surface area (Å²) >= 11 is 3.31. The largest absolute Gasteiger partial charge is 0.491 e. The monoisotopic (exact) mass is 645 g/mol. The van der Waals surface area contributed by atoms with E-state index in [9.17, 15) is 4.39 Å². The van der Waals surface area contributed by atoms with Crippen LogP contribution in [0.5, 0.6) is 5.75 Å². The molecule has 0 radical (unpaired) electrons. The number of ether oxygens (including phenoxy) is 1. The van der Waals surface area contributed by atoms with Gasteiger partial charge in [-0.05, 0) is 109 Å². The molecule has 0 saturated heterocycles. The van der Waals surface area contributed by atoms with Gasteiger partial charge in [-0.1, -0.05) is 29.5 Å².